The van der Waals surface area contributed by atoms with Crippen molar-refractivity contribution < 1.29 is 23.7 Å². The van der Waals surface area contributed by atoms with Gasteiger partial charge in [0.05, 0.1) is 36.1 Å². The highest BCUT2D eigenvalue weighted by atomic mass is 16.7. The molecular formula is C32H42BN5O5. The number of nitrogens with one attached hydrogen (secondary N) is 2. The average molecular weight is 588 g/mol. The molecule has 11 heteroatoms. The summed E-state index contributed by atoms with van der Waals surface area (Å²) in [4.78, 5) is 40.8. The third-order valence-electron chi connectivity index (χ3n) is 10.2. The number of benzene rings is 1. The van der Waals surface area contributed by atoms with Crippen molar-refractivity contribution in [1.82, 2.24) is 20.6 Å². The number of nitrogens with zero attached hydrogens (tertiary/aromatic N) is 3. The van der Waals surface area contributed by atoms with Crippen molar-refractivity contribution in [3.05, 3.63) is 60.2 Å². The maximum Gasteiger partial charge on any atom is 0.481 e. The van der Waals surface area contributed by atoms with Gasteiger partial charge in [-0.1, -0.05) is 63.2 Å². The Morgan fingerprint density at radius 3 is 2.60 bits per heavy atom. The number of carbonyl (C=O) groups is 2. The van der Waals surface area contributed by atoms with E-state index >= 15 is 0 Å². The number of aromatic nitrogens is 2. The summed E-state index contributed by atoms with van der Waals surface area (Å²) in [7, 11) is -0.543. The van der Waals surface area contributed by atoms with Crippen LogP contribution in [0, 0.1) is 23.2 Å². The van der Waals surface area contributed by atoms with Crippen LogP contribution in [-0.4, -0.2) is 64.4 Å². The fraction of sp³-hybridized carbons (Fsp3) is 0.594. The maximum absolute atomic E-state index is 14.3. The zero-order chi connectivity index (χ0) is 30.4. The molecule has 2 amide bonds. The summed E-state index contributed by atoms with van der Waals surface area (Å²) >= 11 is 0. The predicted octanol–water partition coefficient (Wildman–Crippen LogP) is 3.76. The minimum atomic E-state index is -1.28. The van der Waals surface area contributed by atoms with E-state index in [9.17, 15) is 9.59 Å². The first kappa shape index (κ1) is 29.8. The van der Waals surface area contributed by atoms with Gasteiger partial charge in [0.25, 0.3) is 11.8 Å². The fourth-order valence-electron chi connectivity index (χ4n) is 7.67. The van der Waals surface area contributed by atoms with Crippen LogP contribution < -0.4 is 10.6 Å². The SMILES string of the molecule is CC(C)C[C@H](NC(=O)C1(Cc2ccccc2)CC(CNC(=O)c2cnccn2)=NO1)B1O[C@@H]2C[C@@H]3C[C@@H](C3(C)C)[C@]2(C)O1. The molecule has 2 N–H and O–H groups in total. The standard InChI is InChI=1S/C32H42BN5O5/c1-20(2)13-27(33-41-26-15-22-14-25(30(22,3)4)31(26,5)42-33)37-29(40)32(16-21-9-7-6-8-10-21)17-23(38-43-32)18-36-28(39)24-19-34-11-12-35-24/h6-12,19-20,22,25-27H,13-18H2,1-5H3,(H,36,39)(H,37,40)/t22-,25-,26+,27-,31-,32?/m0/s1. The van der Waals surface area contributed by atoms with Crippen LogP contribution in [0.2, 0.25) is 0 Å². The van der Waals surface area contributed by atoms with Gasteiger partial charge in [0.15, 0.2) is 0 Å². The van der Waals surface area contributed by atoms with Crippen molar-refractivity contribution in [3.63, 3.8) is 0 Å². The summed E-state index contributed by atoms with van der Waals surface area (Å²) in [6.45, 7) is 11.3. The van der Waals surface area contributed by atoms with Crippen molar-refractivity contribution in [3.8, 4) is 0 Å². The number of amides is 2. The number of oxime groups is 1. The summed E-state index contributed by atoms with van der Waals surface area (Å²) in [6, 6.07) is 9.76. The van der Waals surface area contributed by atoms with E-state index in [4.69, 9.17) is 14.1 Å². The predicted molar refractivity (Wildman–Crippen MR) is 162 cm³/mol. The molecule has 1 aromatic carbocycles. The van der Waals surface area contributed by atoms with Crippen molar-refractivity contribution in [1.29, 1.82) is 0 Å². The van der Waals surface area contributed by atoms with Gasteiger partial charge in [-0.15, -0.1) is 0 Å². The molecule has 5 aliphatic rings. The molecule has 228 valence electrons. The van der Waals surface area contributed by atoms with Gasteiger partial charge in [0.2, 0.25) is 5.60 Å². The summed E-state index contributed by atoms with van der Waals surface area (Å²) in [5.74, 6) is 0.381. The normalized spacial score (nSPS) is 31.0. The quantitative estimate of drug-likeness (QED) is 0.406. The van der Waals surface area contributed by atoms with Crippen LogP contribution in [0.3, 0.4) is 0 Å². The Hall–Kier alpha value is -3.31. The van der Waals surface area contributed by atoms with Gasteiger partial charge in [-0.3, -0.25) is 14.6 Å². The van der Waals surface area contributed by atoms with E-state index in [0.29, 0.717) is 36.3 Å². The lowest BCUT2D eigenvalue weighted by Gasteiger charge is -2.64. The van der Waals surface area contributed by atoms with Gasteiger partial charge in [-0.05, 0) is 54.9 Å². The Balaban J connectivity index is 1.18. The van der Waals surface area contributed by atoms with E-state index in [1.54, 1.807) is 0 Å². The Labute approximate surface area is 253 Å². The second-order valence-electron chi connectivity index (χ2n) is 13.9. The molecule has 2 aromatic rings. The molecule has 0 spiro atoms. The molecule has 3 aliphatic carbocycles. The minimum Gasteiger partial charge on any atom is -0.404 e. The molecule has 6 atom stereocenters. The number of carbonyl (C=O) groups excluding carboxylic acids is 2. The van der Waals surface area contributed by atoms with Crippen LogP contribution in [0.15, 0.2) is 54.1 Å². The van der Waals surface area contributed by atoms with Crippen molar-refractivity contribution in [2.45, 2.75) is 90.0 Å². The first-order valence-corrected chi connectivity index (χ1v) is 15.5. The maximum atomic E-state index is 14.3. The smallest absolute Gasteiger partial charge is 0.404 e. The summed E-state index contributed by atoms with van der Waals surface area (Å²) in [5.41, 5.74) is 0.311. The Bertz CT molecular complexity index is 1370. The topological polar surface area (TPSA) is 124 Å². The summed E-state index contributed by atoms with van der Waals surface area (Å²) in [5, 5.41) is 10.4. The number of hydrogen-bond acceptors (Lipinski definition) is 8. The van der Waals surface area contributed by atoms with Crippen LogP contribution in [0.1, 0.15) is 76.4 Å². The summed E-state index contributed by atoms with van der Waals surface area (Å²) < 4.78 is 13.4. The van der Waals surface area contributed by atoms with E-state index in [1.807, 2.05) is 30.3 Å². The molecule has 2 bridgehead atoms. The van der Waals surface area contributed by atoms with Crippen molar-refractivity contribution in [2.24, 2.45) is 28.3 Å². The minimum absolute atomic E-state index is 0.0229. The third-order valence-corrected chi connectivity index (χ3v) is 10.2. The lowest BCUT2D eigenvalue weighted by atomic mass is 9.43. The number of hydrogen-bond donors (Lipinski definition) is 2. The second kappa shape index (κ2) is 11.3. The zero-order valence-corrected chi connectivity index (χ0v) is 25.7. The van der Waals surface area contributed by atoms with Crippen LogP contribution in [0.25, 0.3) is 0 Å². The van der Waals surface area contributed by atoms with Gasteiger partial charge in [-0.25, -0.2) is 4.98 Å². The molecule has 3 saturated carbocycles. The van der Waals surface area contributed by atoms with E-state index in [-0.39, 0.29) is 53.5 Å². The molecule has 1 unspecified atom stereocenters. The highest BCUT2D eigenvalue weighted by Crippen LogP contribution is 2.65. The highest BCUT2D eigenvalue weighted by Gasteiger charge is 2.68. The zero-order valence-electron chi connectivity index (χ0n) is 25.7. The molecule has 3 heterocycles. The highest BCUT2D eigenvalue weighted by molar-refractivity contribution is 6.48. The van der Waals surface area contributed by atoms with E-state index < -0.39 is 12.7 Å². The van der Waals surface area contributed by atoms with E-state index in [1.165, 1.54) is 25.0 Å². The molecule has 7 rings (SSSR count). The Kier molecular flexibility index (Phi) is 7.83. The van der Waals surface area contributed by atoms with Crippen LogP contribution in [0.4, 0.5) is 0 Å². The molecule has 2 aliphatic heterocycles. The summed E-state index contributed by atoms with van der Waals surface area (Å²) in [6.07, 6.45) is 7.79. The van der Waals surface area contributed by atoms with Gasteiger partial charge in [0, 0.05) is 25.2 Å². The molecule has 1 aromatic heterocycles. The monoisotopic (exact) mass is 587 g/mol. The van der Waals surface area contributed by atoms with Gasteiger partial charge >= 0.3 is 7.12 Å². The Morgan fingerprint density at radius 1 is 1.12 bits per heavy atom. The lowest BCUT2D eigenvalue weighted by Crippen LogP contribution is -2.65. The largest absolute Gasteiger partial charge is 0.481 e. The van der Waals surface area contributed by atoms with Crippen molar-refractivity contribution in [2.75, 3.05) is 6.54 Å². The average Bonchev–Trinajstić information content (AvgIpc) is 3.57. The molecule has 4 fully saturated rings. The van der Waals surface area contributed by atoms with Gasteiger partial charge in [0.1, 0.15) is 5.69 Å². The molecular weight excluding hydrogens is 545 g/mol. The fourth-order valence-corrected chi connectivity index (χ4v) is 7.67. The lowest BCUT2D eigenvalue weighted by molar-refractivity contribution is -0.199. The molecule has 10 nitrogen and oxygen atoms in total. The first-order chi connectivity index (χ1) is 20.5. The second-order valence-corrected chi connectivity index (χ2v) is 13.9. The van der Waals surface area contributed by atoms with Gasteiger partial charge < -0.3 is 24.8 Å². The number of rotatable bonds is 10. The van der Waals surface area contributed by atoms with E-state index in [0.717, 1.165) is 12.0 Å². The van der Waals surface area contributed by atoms with Gasteiger partial charge in [-0.2, -0.15) is 0 Å². The van der Waals surface area contributed by atoms with E-state index in [2.05, 4.69) is 60.4 Å². The molecule has 43 heavy (non-hydrogen) atoms. The van der Waals surface area contributed by atoms with Crippen LogP contribution in [0.5, 0.6) is 0 Å². The van der Waals surface area contributed by atoms with Crippen LogP contribution in [-0.2, 0) is 25.4 Å². The molecule has 0 radical (unpaired) electrons. The molecule has 1 saturated heterocycles. The first-order valence-electron chi connectivity index (χ1n) is 15.5. The van der Waals surface area contributed by atoms with Crippen LogP contribution >= 0.6 is 0 Å². The van der Waals surface area contributed by atoms with Crippen molar-refractivity contribution >= 4 is 24.6 Å². The third kappa shape index (κ3) is 5.57. The Morgan fingerprint density at radius 2 is 1.91 bits per heavy atom.